The zero-order valence-electron chi connectivity index (χ0n) is 8.74. The van der Waals surface area contributed by atoms with Crippen LogP contribution in [0.15, 0.2) is 0 Å². The number of thioether (sulfide) groups is 1. The topological polar surface area (TPSA) is 66.4 Å². The van der Waals surface area contributed by atoms with Crippen LogP contribution in [0, 0.1) is 5.92 Å². The lowest BCUT2D eigenvalue weighted by molar-refractivity contribution is -0.137. The highest BCUT2D eigenvalue weighted by Gasteiger charge is 2.21. The van der Waals surface area contributed by atoms with Crippen molar-refractivity contribution in [3.8, 4) is 0 Å². The summed E-state index contributed by atoms with van der Waals surface area (Å²) in [6.45, 7) is 5.58. The smallest absolute Gasteiger partial charge is 0.322 e. The second-order valence-corrected chi connectivity index (χ2v) is 4.65. The van der Waals surface area contributed by atoms with Gasteiger partial charge in [0.2, 0.25) is 5.91 Å². The van der Waals surface area contributed by atoms with Gasteiger partial charge in [-0.3, -0.25) is 9.59 Å². The number of carboxylic acids is 1. The number of hydrogen-bond donors (Lipinski definition) is 2. The number of aliphatic carboxylic acids is 1. The number of amides is 1. The molecule has 2 N–H and O–H groups in total. The zero-order chi connectivity index (χ0) is 11.1. The predicted octanol–water partition coefficient (Wildman–Crippen LogP) is 0.965. The Morgan fingerprint density at radius 2 is 2.00 bits per heavy atom. The minimum atomic E-state index is -1.01. The van der Waals surface area contributed by atoms with E-state index in [-0.39, 0.29) is 23.6 Å². The van der Waals surface area contributed by atoms with Crippen LogP contribution in [0.2, 0.25) is 0 Å². The fraction of sp³-hybridized carbons (Fsp3) is 0.778. The number of rotatable bonds is 6. The Bertz CT molecular complexity index is 206. The van der Waals surface area contributed by atoms with E-state index in [0.717, 1.165) is 5.75 Å². The van der Waals surface area contributed by atoms with Gasteiger partial charge in [-0.25, -0.2) is 0 Å². The molecule has 0 aromatic carbocycles. The van der Waals surface area contributed by atoms with Gasteiger partial charge in [0.15, 0.2) is 0 Å². The van der Waals surface area contributed by atoms with Gasteiger partial charge in [-0.2, -0.15) is 0 Å². The van der Waals surface area contributed by atoms with Gasteiger partial charge in [-0.15, -0.1) is 11.8 Å². The molecule has 1 amide bonds. The van der Waals surface area contributed by atoms with Crippen LogP contribution in [0.5, 0.6) is 0 Å². The van der Waals surface area contributed by atoms with E-state index in [4.69, 9.17) is 5.11 Å². The SMILES string of the molecule is CCS[C@H](C(=O)NCC(=O)O)C(C)C. The molecule has 0 aliphatic carbocycles. The molecule has 82 valence electrons. The zero-order valence-corrected chi connectivity index (χ0v) is 9.56. The average molecular weight is 219 g/mol. The van der Waals surface area contributed by atoms with Crippen LogP contribution in [0.4, 0.5) is 0 Å². The van der Waals surface area contributed by atoms with Crippen molar-refractivity contribution in [3.63, 3.8) is 0 Å². The summed E-state index contributed by atoms with van der Waals surface area (Å²) in [6, 6.07) is 0. The Kier molecular flexibility index (Phi) is 6.36. The summed E-state index contributed by atoms with van der Waals surface area (Å²) in [5.41, 5.74) is 0. The maximum absolute atomic E-state index is 11.5. The van der Waals surface area contributed by atoms with Crippen molar-refractivity contribution in [3.05, 3.63) is 0 Å². The first-order valence-electron chi connectivity index (χ1n) is 4.60. The fourth-order valence-corrected chi connectivity index (χ4v) is 1.99. The molecule has 0 bridgehead atoms. The van der Waals surface area contributed by atoms with E-state index in [1.54, 1.807) is 0 Å². The van der Waals surface area contributed by atoms with E-state index >= 15 is 0 Å². The van der Waals surface area contributed by atoms with Crippen molar-refractivity contribution in [1.82, 2.24) is 5.32 Å². The average Bonchev–Trinajstić information content (AvgIpc) is 2.09. The maximum Gasteiger partial charge on any atom is 0.322 e. The number of carbonyl (C=O) groups is 2. The van der Waals surface area contributed by atoms with E-state index < -0.39 is 5.97 Å². The number of carbonyl (C=O) groups excluding carboxylic acids is 1. The summed E-state index contributed by atoms with van der Waals surface area (Å²) < 4.78 is 0. The molecule has 0 aromatic rings. The molecule has 0 aliphatic rings. The second-order valence-electron chi connectivity index (χ2n) is 3.23. The minimum absolute atomic E-state index is 0.153. The lowest BCUT2D eigenvalue weighted by atomic mass is 10.1. The Hall–Kier alpha value is -0.710. The molecule has 0 fully saturated rings. The van der Waals surface area contributed by atoms with Crippen LogP contribution in [0.1, 0.15) is 20.8 Å². The molecule has 0 unspecified atom stereocenters. The van der Waals surface area contributed by atoms with E-state index in [1.807, 2.05) is 20.8 Å². The number of nitrogens with one attached hydrogen (secondary N) is 1. The molecule has 0 rings (SSSR count). The van der Waals surface area contributed by atoms with E-state index in [2.05, 4.69) is 5.32 Å². The first-order valence-corrected chi connectivity index (χ1v) is 5.65. The van der Waals surface area contributed by atoms with Gasteiger partial charge >= 0.3 is 5.97 Å². The third-order valence-electron chi connectivity index (χ3n) is 1.62. The summed E-state index contributed by atoms with van der Waals surface area (Å²) >= 11 is 1.54. The molecule has 0 radical (unpaired) electrons. The van der Waals surface area contributed by atoms with Crippen molar-refractivity contribution in [2.45, 2.75) is 26.0 Å². The summed E-state index contributed by atoms with van der Waals surface area (Å²) in [5, 5.41) is 10.6. The Balaban J connectivity index is 4.08. The van der Waals surface area contributed by atoms with Crippen LogP contribution in [-0.2, 0) is 9.59 Å². The van der Waals surface area contributed by atoms with Gasteiger partial charge in [0.25, 0.3) is 0 Å². The molecule has 1 atom stereocenters. The molecule has 5 heteroatoms. The van der Waals surface area contributed by atoms with Gasteiger partial charge < -0.3 is 10.4 Å². The van der Waals surface area contributed by atoms with Gasteiger partial charge in [0, 0.05) is 0 Å². The van der Waals surface area contributed by atoms with Crippen molar-refractivity contribution in [1.29, 1.82) is 0 Å². The molecule has 0 aromatic heterocycles. The number of carboxylic acid groups (broad SMARTS) is 1. The van der Waals surface area contributed by atoms with Crippen molar-refractivity contribution in [2.24, 2.45) is 5.92 Å². The summed E-state index contributed by atoms with van der Waals surface area (Å²) in [7, 11) is 0. The van der Waals surface area contributed by atoms with Crippen LogP contribution in [-0.4, -0.2) is 34.5 Å². The van der Waals surface area contributed by atoms with Crippen LogP contribution < -0.4 is 5.32 Å². The lowest BCUT2D eigenvalue weighted by Crippen LogP contribution is -2.38. The summed E-state index contributed by atoms with van der Waals surface area (Å²) in [6.07, 6.45) is 0. The predicted molar refractivity (Wildman–Crippen MR) is 57.4 cm³/mol. The molecule has 4 nitrogen and oxygen atoms in total. The molecular formula is C9H17NO3S. The van der Waals surface area contributed by atoms with Crippen LogP contribution in [0.25, 0.3) is 0 Å². The van der Waals surface area contributed by atoms with Crippen LogP contribution in [0.3, 0.4) is 0 Å². The van der Waals surface area contributed by atoms with Crippen molar-refractivity contribution < 1.29 is 14.7 Å². The molecule has 0 saturated carbocycles. The molecule has 14 heavy (non-hydrogen) atoms. The fourth-order valence-electron chi connectivity index (χ4n) is 1.01. The Morgan fingerprint density at radius 1 is 1.43 bits per heavy atom. The molecule has 0 heterocycles. The normalized spacial score (nSPS) is 12.6. The number of hydrogen-bond acceptors (Lipinski definition) is 3. The standard InChI is InChI=1S/C9H17NO3S/c1-4-14-8(6(2)3)9(13)10-5-7(11)12/h6,8H,4-5H2,1-3H3,(H,10,13)(H,11,12)/t8-/m0/s1. The monoisotopic (exact) mass is 219 g/mol. The lowest BCUT2D eigenvalue weighted by Gasteiger charge is -2.18. The van der Waals surface area contributed by atoms with Crippen LogP contribution >= 0.6 is 11.8 Å². The summed E-state index contributed by atoms with van der Waals surface area (Å²) in [5.74, 6) is -0.131. The highest BCUT2D eigenvalue weighted by molar-refractivity contribution is 8.00. The van der Waals surface area contributed by atoms with Gasteiger partial charge in [-0.05, 0) is 11.7 Å². The molecule has 0 aliphatic heterocycles. The highest BCUT2D eigenvalue weighted by Crippen LogP contribution is 2.18. The second kappa shape index (κ2) is 6.70. The van der Waals surface area contributed by atoms with Gasteiger partial charge in [0.05, 0.1) is 5.25 Å². The first-order chi connectivity index (χ1) is 6.49. The first kappa shape index (κ1) is 13.3. The largest absolute Gasteiger partial charge is 0.480 e. The van der Waals surface area contributed by atoms with E-state index in [9.17, 15) is 9.59 Å². The third kappa shape index (κ3) is 5.11. The minimum Gasteiger partial charge on any atom is -0.480 e. The Labute approximate surface area is 88.4 Å². The van der Waals surface area contributed by atoms with Gasteiger partial charge in [0.1, 0.15) is 6.54 Å². The van der Waals surface area contributed by atoms with E-state index in [0.29, 0.717) is 0 Å². The highest BCUT2D eigenvalue weighted by atomic mass is 32.2. The van der Waals surface area contributed by atoms with Crippen molar-refractivity contribution in [2.75, 3.05) is 12.3 Å². The quantitative estimate of drug-likeness (QED) is 0.698. The third-order valence-corrected chi connectivity index (χ3v) is 3.07. The van der Waals surface area contributed by atoms with E-state index in [1.165, 1.54) is 11.8 Å². The molecule has 0 saturated heterocycles. The van der Waals surface area contributed by atoms with Gasteiger partial charge in [-0.1, -0.05) is 20.8 Å². The summed E-state index contributed by atoms with van der Waals surface area (Å²) in [4.78, 5) is 21.7. The maximum atomic E-state index is 11.5. The molecule has 0 spiro atoms. The Morgan fingerprint density at radius 3 is 2.36 bits per heavy atom. The van der Waals surface area contributed by atoms with Crippen molar-refractivity contribution >= 4 is 23.6 Å². The molecular weight excluding hydrogens is 202 g/mol.